The molecule has 156 valence electrons. The lowest BCUT2D eigenvalue weighted by Gasteiger charge is -2.39. The van der Waals surface area contributed by atoms with E-state index in [1.807, 2.05) is 49.1 Å². The van der Waals surface area contributed by atoms with Crippen LogP contribution < -0.4 is 0 Å². The summed E-state index contributed by atoms with van der Waals surface area (Å²) in [5.41, 5.74) is 1.04. The highest BCUT2D eigenvalue weighted by Gasteiger charge is 2.57. The van der Waals surface area contributed by atoms with Crippen LogP contribution in [0.5, 0.6) is 0 Å². The van der Waals surface area contributed by atoms with Crippen molar-refractivity contribution in [3.8, 4) is 0 Å². The Labute approximate surface area is 175 Å². The van der Waals surface area contributed by atoms with Gasteiger partial charge in [0, 0.05) is 24.3 Å². The van der Waals surface area contributed by atoms with E-state index >= 15 is 0 Å². The van der Waals surface area contributed by atoms with E-state index in [0.717, 1.165) is 24.8 Å². The zero-order chi connectivity index (χ0) is 20.6. The number of likely N-dealkylation sites (tertiary alicyclic amines) is 1. The van der Waals surface area contributed by atoms with Gasteiger partial charge in [0.05, 0.1) is 0 Å². The van der Waals surface area contributed by atoms with E-state index in [-0.39, 0.29) is 30.5 Å². The first-order chi connectivity index (χ1) is 13.9. The Bertz CT molecular complexity index is 791. The van der Waals surface area contributed by atoms with Crippen molar-refractivity contribution in [1.82, 2.24) is 9.80 Å². The van der Waals surface area contributed by atoms with Crippen molar-refractivity contribution < 1.29 is 19.1 Å². The van der Waals surface area contributed by atoms with Crippen molar-refractivity contribution >= 4 is 29.5 Å². The van der Waals surface area contributed by atoms with Gasteiger partial charge in [0.25, 0.3) is 5.91 Å². The molecule has 29 heavy (non-hydrogen) atoms. The molecule has 0 unspecified atom stereocenters. The quantitative estimate of drug-likeness (QED) is 0.706. The molecule has 7 heteroatoms. The molecular formula is C22H28N2O4S. The summed E-state index contributed by atoms with van der Waals surface area (Å²) in [6.45, 7) is 3.83. The third kappa shape index (κ3) is 3.54. The molecule has 0 saturated carbocycles. The maximum atomic E-state index is 12.9. The molecule has 1 aromatic carbocycles. The van der Waals surface area contributed by atoms with Gasteiger partial charge in [-0.2, -0.15) is 0 Å². The number of thioether (sulfide) groups is 1. The van der Waals surface area contributed by atoms with Crippen LogP contribution in [0.3, 0.4) is 0 Å². The van der Waals surface area contributed by atoms with Gasteiger partial charge in [-0.3, -0.25) is 9.59 Å². The molecule has 3 fully saturated rings. The number of hydrogen-bond acceptors (Lipinski definition) is 5. The summed E-state index contributed by atoms with van der Waals surface area (Å²) >= 11 is 1.63. The van der Waals surface area contributed by atoms with Crippen LogP contribution in [0, 0.1) is 0 Å². The van der Waals surface area contributed by atoms with Gasteiger partial charge in [-0.15, -0.1) is 11.8 Å². The minimum Gasteiger partial charge on any atom is -0.454 e. The standard InChI is InChI=1S/C22H28N2O4S/c1-15-7-6-8-16(2)23(15)20(26)13-28-21(27)18-14-29-22(12-11-19(25)24(18)22)17-9-4-3-5-10-17/h3-5,9-10,15-16,18H,6-8,11-14H2,1-2H3/t15-,16-,18-,22+/m0/s1. The summed E-state index contributed by atoms with van der Waals surface area (Å²) in [6, 6.07) is 9.56. The number of piperidine rings is 1. The van der Waals surface area contributed by atoms with Crippen LogP contribution in [0.1, 0.15) is 51.5 Å². The average molecular weight is 417 g/mol. The minimum absolute atomic E-state index is 0.0228. The summed E-state index contributed by atoms with van der Waals surface area (Å²) in [5, 5.41) is 0. The van der Waals surface area contributed by atoms with Crippen LogP contribution in [-0.4, -0.2) is 58.1 Å². The molecule has 3 aliphatic heterocycles. The van der Waals surface area contributed by atoms with Gasteiger partial charge in [0.15, 0.2) is 6.61 Å². The lowest BCUT2D eigenvalue weighted by molar-refractivity contribution is -0.160. The molecule has 4 rings (SSSR count). The fraction of sp³-hybridized carbons (Fsp3) is 0.591. The van der Waals surface area contributed by atoms with Crippen molar-refractivity contribution in [2.45, 2.75) is 68.9 Å². The molecule has 1 aromatic rings. The number of carbonyl (C=O) groups is 3. The van der Waals surface area contributed by atoms with E-state index in [4.69, 9.17) is 4.74 Å². The highest BCUT2D eigenvalue weighted by atomic mass is 32.2. The molecule has 0 spiro atoms. The molecule has 0 bridgehead atoms. The van der Waals surface area contributed by atoms with Crippen molar-refractivity contribution in [2.24, 2.45) is 0 Å². The van der Waals surface area contributed by atoms with Crippen LogP contribution in [0.4, 0.5) is 0 Å². The zero-order valence-electron chi connectivity index (χ0n) is 17.0. The summed E-state index contributed by atoms with van der Waals surface area (Å²) in [4.78, 5) is 41.2. The van der Waals surface area contributed by atoms with Crippen molar-refractivity contribution in [2.75, 3.05) is 12.4 Å². The van der Waals surface area contributed by atoms with E-state index in [1.54, 1.807) is 16.7 Å². The van der Waals surface area contributed by atoms with Gasteiger partial charge in [-0.1, -0.05) is 30.3 Å². The first-order valence-corrected chi connectivity index (χ1v) is 11.4. The van der Waals surface area contributed by atoms with Crippen LogP contribution in [-0.2, 0) is 24.0 Å². The van der Waals surface area contributed by atoms with Crippen molar-refractivity contribution in [3.63, 3.8) is 0 Å². The van der Waals surface area contributed by atoms with Crippen molar-refractivity contribution in [3.05, 3.63) is 35.9 Å². The molecule has 4 atom stereocenters. The van der Waals surface area contributed by atoms with E-state index in [2.05, 4.69) is 0 Å². The second-order valence-electron chi connectivity index (χ2n) is 8.28. The first kappa shape index (κ1) is 20.3. The molecular weight excluding hydrogens is 388 g/mol. The molecule has 2 amide bonds. The molecule has 0 N–H and O–H groups in total. The number of nitrogens with zero attached hydrogens (tertiary/aromatic N) is 2. The van der Waals surface area contributed by atoms with Crippen LogP contribution in [0.25, 0.3) is 0 Å². The zero-order valence-corrected chi connectivity index (χ0v) is 17.8. The lowest BCUT2D eigenvalue weighted by Crippen LogP contribution is -2.50. The van der Waals surface area contributed by atoms with Gasteiger partial charge in [0.2, 0.25) is 5.91 Å². The molecule has 6 nitrogen and oxygen atoms in total. The normalized spacial score (nSPS) is 31.7. The number of fused-ring (bicyclic) bond motifs is 1. The summed E-state index contributed by atoms with van der Waals surface area (Å²) in [6.07, 6.45) is 4.18. The number of ether oxygens (including phenoxy) is 1. The van der Waals surface area contributed by atoms with E-state index in [9.17, 15) is 14.4 Å². The Balaban J connectivity index is 1.44. The highest BCUT2D eigenvalue weighted by Crippen LogP contribution is 2.54. The number of rotatable bonds is 4. The predicted molar refractivity (Wildman–Crippen MR) is 111 cm³/mol. The van der Waals surface area contributed by atoms with Gasteiger partial charge in [-0.25, -0.2) is 4.79 Å². The molecule has 3 saturated heterocycles. The smallest absolute Gasteiger partial charge is 0.330 e. The molecule has 0 aliphatic carbocycles. The topological polar surface area (TPSA) is 66.9 Å². The Morgan fingerprint density at radius 1 is 1.17 bits per heavy atom. The Morgan fingerprint density at radius 2 is 1.86 bits per heavy atom. The van der Waals surface area contributed by atoms with Crippen molar-refractivity contribution in [1.29, 1.82) is 0 Å². The third-order valence-corrected chi connectivity index (χ3v) is 8.04. The Morgan fingerprint density at radius 3 is 2.55 bits per heavy atom. The number of benzene rings is 1. The van der Waals surface area contributed by atoms with Gasteiger partial charge >= 0.3 is 5.97 Å². The summed E-state index contributed by atoms with van der Waals surface area (Å²) in [7, 11) is 0. The van der Waals surface area contributed by atoms with Gasteiger partial charge in [0.1, 0.15) is 10.9 Å². The first-order valence-electron chi connectivity index (χ1n) is 10.4. The predicted octanol–water partition coefficient (Wildman–Crippen LogP) is 2.91. The summed E-state index contributed by atoms with van der Waals surface area (Å²) in [5.74, 6) is -0.156. The summed E-state index contributed by atoms with van der Waals surface area (Å²) < 4.78 is 5.44. The van der Waals surface area contributed by atoms with Gasteiger partial charge < -0.3 is 14.5 Å². The number of hydrogen-bond donors (Lipinski definition) is 0. The largest absolute Gasteiger partial charge is 0.454 e. The Hall–Kier alpha value is -2.02. The van der Waals surface area contributed by atoms with E-state index in [1.165, 1.54) is 0 Å². The molecule has 0 radical (unpaired) electrons. The van der Waals surface area contributed by atoms with Crippen LogP contribution in [0.2, 0.25) is 0 Å². The van der Waals surface area contributed by atoms with Crippen LogP contribution >= 0.6 is 11.8 Å². The number of amides is 2. The fourth-order valence-electron chi connectivity index (χ4n) is 5.03. The lowest BCUT2D eigenvalue weighted by atomic mass is 9.97. The monoisotopic (exact) mass is 416 g/mol. The fourth-order valence-corrected chi connectivity index (χ4v) is 6.67. The molecule has 0 aromatic heterocycles. The number of esters is 1. The van der Waals surface area contributed by atoms with E-state index < -0.39 is 16.9 Å². The second kappa shape index (κ2) is 8.01. The SMILES string of the molecule is C[C@H]1CCC[C@H](C)N1C(=O)COC(=O)[C@@H]1CS[C@@]2(c3ccccc3)CCC(=O)N12. The highest BCUT2D eigenvalue weighted by molar-refractivity contribution is 8.00. The average Bonchev–Trinajstić information content (AvgIpc) is 3.26. The molecule has 3 heterocycles. The maximum Gasteiger partial charge on any atom is 0.330 e. The third-order valence-electron chi connectivity index (χ3n) is 6.44. The van der Waals surface area contributed by atoms with E-state index in [0.29, 0.717) is 18.6 Å². The maximum absolute atomic E-state index is 12.9. The van der Waals surface area contributed by atoms with Crippen LogP contribution in [0.15, 0.2) is 30.3 Å². The minimum atomic E-state index is -0.640. The Kier molecular flexibility index (Phi) is 5.60. The van der Waals surface area contributed by atoms with Gasteiger partial charge in [-0.05, 0) is 45.1 Å². The number of carbonyl (C=O) groups excluding carboxylic acids is 3. The second-order valence-corrected chi connectivity index (χ2v) is 9.58. The molecule has 3 aliphatic rings.